The second-order valence-corrected chi connectivity index (χ2v) is 5.09. The molecule has 0 saturated heterocycles. The van der Waals surface area contributed by atoms with Crippen LogP contribution in [0, 0.1) is 0 Å². The first-order valence-corrected chi connectivity index (χ1v) is 7.19. The van der Waals surface area contributed by atoms with Crippen molar-refractivity contribution >= 4 is 17.2 Å². The molecule has 1 heterocycles. The van der Waals surface area contributed by atoms with Crippen LogP contribution in [0.25, 0.3) is 5.57 Å². The van der Waals surface area contributed by atoms with Gasteiger partial charge < -0.3 is 10.6 Å². The highest BCUT2D eigenvalue weighted by atomic mass is 16.1. The Labute approximate surface area is 124 Å². The molecule has 106 valence electrons. The summed E-state index contributed by atoms with van der Waals surface area (Å²) in [5, 5.41) is 6.28. The predicted octanol–water partition coefficient (Wildman–Crippen LogP) is 3.32. The van der Waals surface area contributed by atoms with E-state index in [1.54, 1.807) is 0 Å². The van der Waals surface area contributed by atoms with Gasteiger partial charge in [-0.2, -0.15) is 0 Å². The van der Waals surface area contributed by atoms with Gasteiger partial charge in [0.15, 0.2) is 0 Å². The van der Waals surface area contributed by atoms with E-state index in [4.69, 9.17) is 0 Å². The zero-order valence-corrected chi connectivity index (χ0v) is 11.8. The van der Waals surface area contributed by atoms with Crippen molar-refractivity contribution < 1.29 is 4.79 Å². The van der Waals surface area contributed by atoms with Crippen molar-refractivity contribution in [1.29, 1.82) is 0 Å². The van der Waals surface area contributed by atoms with Gasteiger partial charge in [-0.25, -0.2) is 0 Å². The van der Waals surface area contributed by atoms with Crippen LogP contribution in [0.5, 0.6) is 0 Å². The van der Waals surface area contributed by atoms with Crippen LogP contribution in [-0.2, 0) is 0 Å². The van der Waals surface area contributed by atoms with Gasteiger partial charge in [0.1, 0.15) is 0 Å². The molecule has 0 spiro atoms. The zero-order chi connectivity index (χ0) is 14.5. The Morgan fingerprint density at radius 3 is 2.43 bits per heavy atom. The molecular weight excluding hydrogens is 260 g/mol. The molecule has 2 aromatic carbocycles. The molecule has 0 unspecified atom stereocenters. The fraction of sp³-hybridized carbons (Fsp3) is 0.167. The number of anilines is 1. The standard InChI is InChI=1S/C18H18N2O/c21-18(15-5-2-1-3-6-15)20-17-10-8-14(9-11-17)16-7-4-12-19-13-16/h1-3,5-11,19H,4,12-13H2,(H,20,21). The normalized spacial score (nSPS) is 14.4. The highest BCUT2D eigenvalue weighted by Gasteiger charge is 2.07. The highest BCUT2D eigenvalue weighted by molar-refractivity contribution is 6.04. The molecule has 1 aliphatic rings. The molecule has 0 bridgehead atoms. The first-order chi connectivity index (χ1) is 10.3. The van der Waals surface area contributed by atoms with Crippen LogP contribution in [0.1, 0.15) is 22.3 Å². The maximum Gasteiger partial charge on any atom is 0.255 e. The second-order valence-electron chi connectivity index (χ2n) is 5.09. The molecular formula is C18H18N2O. The van der Waals surface area contributed by atoms with Crippen molar-refractivity contribution in [3.05, 3.63) is 71.8 Å². The van der Waals surface area contributed by atoms with E-state index in [-0.39, 0.29) is 5.91 Å². The van der Waals surface area contributed by atoms with Gasteiger partial charge in [0, 0.05) is 17.8 Å². The van der Waals surface area contributed by atoms with Gasteiger partial charge in [-0.15, -0.1) is 0 Å². The van der Waals surface area contributed by atoms with Gasteiger partial charge >= 0.3 is 0 Å². The van der Waals surface area contributed by atoms with Crippen LogP contribution in [-0.4, -0.2) is 19.0 Å². The van der Waals surface area contributed by atoms with Gasteiger partial charge in [-0.05, 0) is 48.4 Å². The summed E-state index contributed by atoms with van der Waals surface area (Å²) < 4.78 is 0. The number of carbonyl (C=O) groups excluding carboxylic acids is 1. The predicted molar refractivity (Wildman–Crippen MR) is 86.3 cm³/mol. The molecule has 21 heavy (non-hydrogen) atoms. The van der Waals surface area contributed by atoms with E-state index in [0.29, 0.717) is 5.56 Å². The number of carbonyl (C=O) groups is 1. The lowest BCUT2D eigenvalue weighted by atomic mass is 10.0. The number of nitrogens with one attached hydrogen (secondary N) is 2. The monoisotopic (exact) mass is 278 g/mol. The highest BCUT2D eigenvalue weighted by Crippen LogP contribution is 2.19. The lowest BCUT2D eigenvalue weighted by molar-refractivity contribution is 0.102. The third kappa shape index (κ3) is 3.38. The van der Waals surface area contributed by atoms with Crippen LogP contribution in [0.3, 0.4) is 0 Å². The van der Waals surface area contributed by atoms with Crippen molar-refractivity contribution in [2.75, 3.05) is 18.4 Å². The molecule has 0 saturated carbocycles. The second kappa shape index (κ2) is 6.37. The van der Waals surface area contributed by atoms with Gasteiger partial charge in [0.2, 0.25) is 0 Å². The third-order valence-electron chi connectivity index (χ3n) is 3.58. The summed E-state index contributed by atoms with van der Waals surface area (Å²) in [6, 6.07) is 17.2. The van der Waals surface area contributed by atoms with Gasteiger partial charge in [0.05, 0.1) is 0 Å². The molecule has 0 aromatic heterocycles. The van der Waals surface area contributed by atoms with Crippen molar-refractivity contribution in [2.24, 2.45) is 0 Å². The summed E-state index contributed by atoms with van der Waals surface area (Å²) in [5.41, 5.74) is 4.01. The summed E-state index contributed by atoms with van der Waals surface area (Å²) >= 11 is 0. The van der Waals surface area contributed by atoms with Crippen LogP contribution in [0.4, 0.5) is 5.69 Å². The van der Waals surface area contributed by atoms with Crippen molar-refractivity contribution in [3.63, 3.8) is 0 Å². The topological polar surface area (TPSA) is 41.1 Å². The van der Waals surface area contributed by atoms with Crippen molar-refractivity contribution in [1.82, 2.24) is 5.32 Å². The molecule has 1 aliphatic heterocycles. The summed E-state index contributed by atoms with van der Waals surface area (Å²) in [6.07, 6.45) is 3.34. The Bertz CT molecular complexity index is 645. The fourth-order valence-electron chi connectivity index (χ4n) is 2.42. The van der Waals surface area contributed by atoms with Gasteiger partial charge in [0.25, 0.3) is 5.91 Å². The van der Waals surface area contributed by atoms with Crippen LogP contribution in [0.15, 0.2) is 60.7 Å². The summed E-state index contributed by atoms with van der Waals surface area (Å²) in [4.78, 5) is 12.1. The first kappa shape index (κ1) is 13.6. The number of hydrogen-bond donors (Lipinski definition) is 2. The Balaban J connectivity index is 1.70. The van der Waals surface area contributed by atoms with E-state index >= 15 is 0 Å². The molecule has 1 amide bonds. The Morgan fingerprint density at radius 1 is 1.00 bits per heavy atom. The van der Waals surface area contributed by atoms with E-state index in [0.717, 1.165) is 25.2 Å². The van der Waals surface area contributed by atoms with Crippen LogP contribution in [0.2, 0.25) is 0 Å². The Hall–Kier alpha value is -2.39. The van der Waals surface area contributed by atoms with E-state index in [9.17, 15) is 4.79 Å². The minimum Gasteiger partial charge on any atom is -0.322 e. The van der Waals surface area contributed by atoms with Crippen molar-refractivity contribution in [3.8, 4) is 0 Å². The summed E-state index contributed by atoms with van der Waals surface area (Å²) in [6.45, 7) is 1.96. The largest absolute Gasteiger partial charge is 0.322 e. The lowest BCUT2D eigenvalue weighted by Gasteiger charge is -2.15. The molecule has 0 fully saturated rings. The fourth-order valence-corrected chi connectivity index (χ4v) is 2.42. The minimum atomic E-state index is -0.0816. The van der Waals surface area contributed by atoms with E-state index in [1.165, 1.54) is 11.1 Å². The molecule has 0 aliphatic carbocycles. The zero-order valence-electron chi connectivity index (χ0n) is 11.8. The molecule has 2 N–H and O–H groups in total. The quantitative estimate of drug-likeness (QED) is 0.904. The Kier molecular flexibility index (Phi) is 4.12. The average molecular weight is 278 g/mol. The van der Waals surface area contributed by atoms with Crippen LogP contribution < -0.4 is 10.6 Å². The maximum atomic E-state index is 12.1. The Morgan fingerprint density at radius 2 is 1.76 bits per heavy atom. The van der Waals surface area contributed by atoms with Gasteiger partial charge in [-0.3, -0.25) is 4.79 Å². The van der Waals surface area contributed by atoms with E-state index in [2.05, 4.69) is 28.8 Å². The maximum absolute atomic E-state index is 12.1. The smallest absolute Gasteiger partial charge is 0.255 e. The molecule has 0 radical (unpaired) electrons. The molecule has 2 aromatic rings. The number of hydrogen-bond acceptors (Lipinski definition) is 2. The third-order valence-corrected chi connectivity index (χ3v) is 3.58. The molecule has 3 rings (SSSR count). The van der Waals surface area contributed by atoms with E-state index in [1.807, 2.05) is 42.5 Å². The lowest BCUT2D eigenvalue weighted by Crippen LogP contribution is -2.21. The summed E-state index contributed by atoms with van der Waals surface area (Å²) in [7, 11) is 0. The number of rotatable bonds is 3. The molecule has 3 nitrogen and oxygen atoms in total. The number of benzene rings is 2. The van der Waals surface area contributed by atoms with Gasteiger partial charge in [-0.1, -0.05) is 36.4 Å². The molecule has 3 heteroatoms. The van der Waals surface area contributed by atoms with E-state index < -0.39 is 0 Å². The SMILES string of the molecule is O=C(Nc1ccc(C2=CCCNC2)cc1)c1ccccc1. The average Bonchev–Trinajstić information content (AvgIpc) is 2.57. The first-order valence-electron chi connectivity index (χ1n) is 7.19. The van der Waals surface area contributed by atoms with Crippen molar-refractivity contribution in [2.45, 2.75) is 6.42 Å². The molecule has 0 atom stereocenters. The number of amides is 1. The van der Waals surface area contributed by atoms with Crippen LogP contribution >= 0.6 is 0 Å². The summed E-state index contributed by atoms with van der Waals surface area (Å²) in [5.74, 6) is -0.0816. The minimum absolute atomic E-state index is 0.0816.